The Bertz CT molecular complexity index is 390. The van der Waals surface area contributed by atoms with E-state index < -0.39 is 0 Å². The quantitative estimate of drug-likeness (QED) is 0.719. The van der Waals surface area contributed by atoms with Crippen molar-refractivity contribution in [2.45, 2.75) is 13.1 Å². The van der Waals surface area contributed by atoms with Crippen molar-refractivity contribution in [3.8, 4) is 0 Å². The highest BCUT2D eigenvalue weighted by atomic mass is 15.3. The number of aryl methyl sites for hydroxylation is 1. The lowest BCUT2D eigenvalue weighted by Crippen LogP contribution is -2.20. The fourth-order valence-corrected chi connectivity index (χ4v) is 1.40. The Hall–Kier alpha value is -1.62. The van der Waals surface area contributed by atoms with Gasteiger partial charge in [0, 0.05) is 38.7 Å². The van der Waals surface area contributed by atoms with Crippen molar-refractivity contribution in [3.63, 3.8) is 0 Å². The summed E-state index contributed by atoms with van der Waals surface area (Å²) in [6.07, 6.45) is 7.44. The van der Waals surface area contributed by atoms with Crippen molar-refractivity contribution >= 4 is 0 Å². The van der Waals surface area contributed by atoms with Gasteiger partial charge in [0.15, 0.2) is 0 Å². The molecule has 0 saturated carbocycles. The Balaban J connectivity index is 1.70. The predicted octanol–water partition coefficient (Wildman–Crippen LogP) is 0.406. The highest BCUT2D eigenvalue weighted by Crippen LogP contribution is 1.94. The van der Waals surface area contributed by atoms with E-state index in [-0.39, 0.29) is 0 Å². The van der Waals surface area contributed by atoms with Crippen LogP contribution in [0.1, 0.15) is 5.69 Å². The van der Waals surface area contributed by atoms with Gasteiger partial charge in [0.05, 0.1) is 18.6 Å². The van der Waals surface area contributed by atoms with Crippen molar-refractivity contribution in [2.75, 3.05) is 6.54 Å². The molecular weight excluding hydrogens is 190 g/mol. The molecule has 0 aromatic carbocycles. The van der Waals surface area contributed by atoms with E-state index in [9.17, 15) is 0 Å². The maximum absolute atomic E-state index is 4.13. The maximum Gasteiger partial charge on any atom is 0.0945 e. The van der Waals surface area contributed by atoms with Crippen molar-refractivity contribution < 1.29 is 0 Å². The van der Waals surface area contributed by atoms with Crippen LogP contribution in [-0.2, 0) is 20.1 Å². The van der Waals surface area contributed by atoms with E-state index in [1.54, 1.807) is 6.20 Å². The molecule has 80 valence electrons. The van der Waals surface area contributed by atoms with Crippen LogP contribution >= 0.6 is 0 Å². The third kappa shape index (κ3) is 2.66. The van der Waals surface area contributed by atoms with E-state index >= 15 is 0 Å². The minimum Gasteiger partial charge on any atom is -0.337 e. The summed E-state index contributed by atoms with van der Waals surface area (Å²) in [4.78, 5) is 4.06. The van der Waals surface area contributed by atoms with Crippen LogP contribution in [0.3, 0.4) is 0 Å². The van der Waals surface area contributed by atoms with Crippen molar-refractivity contribution in [2.24, 2.45) is 7.05 Å². The molecule has 5 nitrogen and oxygen atoms in total. The third-order valence-corrected chi connectivity index (χ3v) is 2.30. The monoisotopic (exact) mass is 205 g/mol. The van der Waals surface area contributed by atoms with Gasteiger partial charge in [-0.1, -0.05) is 0 Å². The van der Waals surface area contributed by atoms with Gasteiger partial charge in [-0.2, -0.15) is 5.10 Å². The molecule has 0 aliphatic heterocycles. The van der Waals surface area contributed by atoms with Gasteiger partial charge < -0.3 is 9.88 Å². The zero-order valence-electron chi connectivity index (χ0n) is 8.80. The molecule has 2 aromatic rings. The second-order valence-electron chi connectivity index (χ2n) is 3.44. The Morgan fingerprint density at radius 1 is 1.47 bits per heavy atom. The Kier molecular flexibility index (Phi) is 3.14. The molecule has 2 aromatic heterocycles. The molecule has 0 bridgehead atoms. The molecule has 0 atom stereocenters. The first-order valence-corrected chi connectivity index (χ1v) is 4.99. The number of hydrogen-bond donors (Lipinski definition) is 1. The Labute approximate surface area is 88.7 Å². The standard InChI is InChI=1S/C10H15N5/c1-14-9-12-8-10(14)7-11-4-6-15-5-2-3-13-15/h2-3,5,8-9,11H,4,6-7H2,1H3. The Morgan fingerprint density at radius 3 is 3.07 bits per heavy atom. The summed E-state index contributed by atoms with van der Waals surface area (Å²) in [5, 5.41) is 7.47. The molecule has 0 aliphatic rings. The molecule has 0 saturated heterocycles. The minimum atomic E-state index is 0.845. The van der Waals surface area contributed by atoms with Crippen LogP contribution in [0.2, 0.25) is 0 Å². The van der Waals surface area contributed by atoms with Crippen LogP contribution in [0, 0.1) is 0 Å². The van der Waals surface area contributed by atoms with Crippen LogP contribution in [0.5, 0.6) is 0 Å². The second kappa shape index (κ2) is 4.75. The SMILES string of the molecule is Cn1cncc1CNCCn1cccn1. The van der Waals surface area contributed by atoms with Gasteiger partial charge in [-0.05, 0) is 6.07 Å². The summed E-state index contributed by atoms with van der Waals surface area (Å²) < 4.78 is 3.93. The molecule has 0 aliphatic carbocycles. The Morgan fingerprint density at radius 2 is 2.40 bits per heavy atom. The number of imidazole rings is 1. The lowest BCUT2D eigenvalue weighted by atomic mass is 10.4. The van der Waals surface area contributed by atoms with Gasteiger partial charge in [-0.3, -0.25) is 4.68 Å². The van der Waals surface area contributed by atoms with E-state index in [4.69, 9.17) is 0 Å². The topological polar surface area (TPSA) is 47.7 Å². The lowest BCUT2D eigenvalue weighted by molar-refractivity contribution is 0.547. The molecule has 0 radical (unpaired) electrons. The second-order valence-corrected chi connectivity index (χ2v) is 3.44. The van der Waals surface area contributed by atoms with E-state index in [0.717, 1.165) is 19.6 Å². The van der Waals surface area contributed by atoms with Crippen LogP contribution in [0.15, 0.2) is 31.0 Å². The molecule has 5 heteroatoms. The molecule has 2 rings (SSSR count). The van der Waals surface area contributed by atoms with Gasteiger partial charge in [0.2, 0.25) is 0 Å². The molecule has 0 amide bonds. The summed E-state index contributed by atoms with van der Waals surface area (Å²) in [6.45, 7) is 2.65. The fraction of sp³-hybridized carbons (Fsp3) is 0.400. The molecule has 1 N–H and O–H groups in total. The van der Waals surface area contributed by atoms with E-state index in [2.05, 4.69) is 15.4 Å². The van der Waals surface area contributed by atoms with Gasteiger partial charge in [-0.15, -0.1) is 0 Å². The average molecular weight is 205 g/mol. The first-order valence-electron chi connectivity index (χ1n) is 4.99. The molecule has 15 heavy (non-hydrogen) atoms. The molecule has 0 spiro atoms. The summed E-state index contributed by atoms with van der Waals surface area (Å²) in [5.74, 6) is 0. The van der Waals surface area contributed by atoms with Gasteiger partial charge in [0.25, 0.3) is 0 Å². The molecule has 0 fully saturated rings. The van der Waals surface area contributed by atoms with E-state index in [1.807, 2.05) is 41.1 Å². The molecule has 0 unspecified atom stereocenters. The van der Waals surface area contributed by atoms with Gasteiger partial charge in [-0.25, -0.2) is 4.98 Å². The largest absolute Gasteiger partial charge is 0.337 e. The smallest absolute Gasteiger partial charge is 0.0945 e. The zero-order valence-corrected chi connectivity index (χ0v) is 8.80. The summed E-state index contributed by atoms with van der Waals surface area (Å²) >= 11 is 0. The summed E-state index contributed by atoms with van der Waals surface area (Å²) in [6, 6.07) is 1.93. The first kappa shape index (κ1) is 9.92. The van der Waals surface area contributed by atoms with Crippen LogP contribution in [0.25, 0.3) is 0 Å². The van der Waals surface area contributed by atoms with Crippen molar-refractivity contribution in [1.82, 2.24) is 24.6 Å². The molecular formula is C10H15N5. The van der Waals surface area contributed by atoms with E-state index in [0.29, 0.717) is 0 Å². The summed E-state index contributed by atoms with van der Waals surface area (Å²) in [7, 11) is 2.00. The number of aromatic nitrogens is 4. The van der Waals surface area contributed by atoms with Crippen LogP contribution in [0.4, 0.5) is 0 Å². The van der Waals surface area contributed by atoms with Crippen LogP contribution in [-0.4, -0.2) is 25.9 Å². The average Bonchev–Trinajstić information content (AvgIpc) is 2.85. The highest BCUT2D eigenvalue weighted by Gasteiger charge is 1.96. The van der Waals surface area contributed by atoms with Crippen LogP contribution < -0.4 is 5.32 Å². The third-order valence-electron chi connectivity index (χ3n) is 2.30. The highest BCUT2D eigenvalue weighted by molar-refractivity contribution is 4.96. The fourth-order valence-electron chi connectivity index (χ4n) is 1.40. The number of nitrogens with zero attached hydrogens (tertiary/aromatic N) is 4. The summed E-state index contributed by atoms with van der Waals surface area (Å²) in [5.41, 5.74) is 1.19. The minimum absolute atomic E-state index is 0.845. The van der Waals surface area contributed by atoms with Crippen molar-refractivity contribution in [1.29, 1.82) is 0 Å². The zero-order chi connectivity index (χ0) is 10.5. The number of hydrogen-bond acceptors (Lipinski definition) is 3. The van der Waals surface area contributed by atoms with Gasteiger partial charge >= 0.3 is 0 Å². The maximum atomic E-state index is 4.13. The lowest BCUT2D eigenvalue weighted by Gasteiger charge is -2.05. The number of rotatable bonds is 5. The molecule has 2 heterocycles. The normalized spacial score (nSPS) is 10.7. The predicted molar refractivity (Wildman–Crippen MR) is 57.1 cm³/mol. The van der Waals surface area contributed by atoms with Gasteiger partial charge in [0.1, 0.15) is 0 Å². The van der Waals surface area contributed by atoms with E-state index in [1.165, 1.54) is 5.69 Å². The number of nitrogens with one attached hydrogen (secondary N) is 1. The van der Waals surface area contributed by atoms with Crippen molar-refractivity contribution in [3.05, 3.63) is 36.7 Å². The first-order chi connectivity index (χ1) is 7.36.